The maximum atomic E-state index is 12.7. The van der Waals surface area contributed by atoms with Gasteiger partial charge in [-0.05, 0) is 35.2 Å². The Labute approximate surface area is 149 Å². The largest absolute Gasteiger partial charge is 0.416 e. The van der Waals surface area contributed by atoms with Gasteiger partial charge in [0, 0.05) is 11.4 Å². The topological polar surface area (TPSA) is 58.2 Å². The summed E-state index contributed by atoms with van der Waals surface area (Å²) in [6.45, 7) is 5.88. The number of halogens is 3. The van der Waals surface area contributed by atoms with Gasteiger partial charge in [0.15, 0.2) is 0 Å². The number of carbonyl (C=O) groups excluding carboxylic acids is 2. The molecule has 0 aromatic heterocycles. The summed E-state index contributed by atoms with van der Waals surface area (Å²) in [5.41, 5.74) is 0.0313. The fourth-order valence-electron chi connectivity index (χ4n) is 2.39. The minimum absolute atomic E-state index is 0.107. The molecule has 0 bridgehead atoms. The van der Waals surface area contributed by atoms with Crippen LogP contribution in [0.5, 0.6) is 0 Å². The molecule has 2 amide bonds. The number of para-hydroxylation sites is 1. The summed E-state index contributed by atoms with van der Waals surface area (Å²) in [6, 6.07) is 11.1. The lowest BCUT2D eigenvalue weighted by atomic mass is 9.86. The molecular weight excluding hydrogens is 345 g/mol. The van der Waals surface area contributed by atoms with Crippen molar-refractivity contribution < 1.29 is 22.8 Å². The minimum atomic E-state index is -4.53. The second kappa shape index (κ2) is 7.19. The number of nitrogens with one attached hydrogen (secondary N) is 2. The number of amides is 2. The van der Waals surface area contributed by atoms with Crippen LogP contribution in [-0.2, 0) is 21.2 Å². The highest BCUT2D eigenvalue weighted by atomic mass is 19.4. The molecule has 2 aromatic rings. The number of hydrogen-bond acceptors (Lipinski definition) is 2. The van der Waals surface area contributed by atoms with Crippen molar-refractivity contribution in [2.24, 2.45) is 0 Å². The maximum absolute atomic E-state index is 12.7. The Hall–Kier alpha value is -2.83. The van der Waals surface area contributed by atoms with Gasteiger partial charge in [0.25, 0.3) is 0 Å². The van der Waals surface area contributed by atoms with Gasteiger partial charge in [0.1, 0.15) is 0 Å². The zero-order valence-corrected chi connectivity index (χ0v) is 14.6. The van der Waals surface area contributed by atoms with Crippen LogP contribution in [0.4, 0.5) is 24.5 Å². The molecule has 0 unspecified atom stereocenters. The van der Waals surface area contributed by atoms with Crippen LogP contribution in [0.1, 0.15) is 31.9 Å². The van der Waals surface area contributed by atoms with Crippen molar-refractivity contribution >= 4 is 23.2 Å². The van der Waals surface area contributed by atoms with Crippen LogP contribution in [-0.4, -0.2) is 11.8 Å². The summed E-state index contributed by atoms with van der Waals surface area (Å²) in [5, 5.41) is 4.69. The number of hydrogen-bond donors (Lipinski definition) is 2. The molecule has 0 aliphatic heterocycles. The van der Waals surface area contributed by atoms with E-state index in [1.54, 1.807) is 12.1 Å². The smallest absolute Gasteiger partial charge is 0.318 e. The van der Waals surface area contributed by atoms with E-state index in [1.165, 1.54) is 6.07 Å². The average molecular weight is 364 g/mol. The number of benzene rings is 2. The maximum Gasteiger partial charge on any atom is 0.416 e. The molecule has 0 heterocycles. The van der Waals surface area contributed by atoms with E-state index >= 15 is 0 Å². The zero-order chi connectivity index (χ0) is 19.5. The van der Waals surface area contributed by atoms with E-state index in [4.69, 9.17) is 0 Å². The summed E-state index contributed by atoms with van der Waals surface area (Å²) in [6.07, 6.45) is -4.53. The SMILES string of the molecule is CC(C)(C)c1ccccc1NC(=O)C(=O)Nc1cccc(C(F)(F)F)c1. The van der Waals surface area contributed by atoms with E-state index in [2.05, 4.69) is 10.6 Å². The molecule has 138 valence electrons. The van der Waals surface area contributed by atoms with E-state index < -0.39 is 23.6 Å². The fourth-order valence-corrected chi connectivity index (χ4v) is 2.39. The third kappa shape index (κ3) is 4.84. The van der Waals surface area contributed by atoms with Gasteiger partial charge in [-0.2, -0.15) is 13.2 Å². The van der Waals surface area contributed by atoms with Crippen LogP contribution in [0.15, 0.2) is 48.5 Å². The molecule has 2 aromatic carbocycles. The normalized spacial score (nSPS) is 11.8. The second-order valence-corrected chi connectivity index (χ2v) is 6.78. The van der Waals surface area contributed by atoms with Crippen molar-refractivity contribution in [3.63, 3.8) is 0 Å². The number of anilines is 2. The van der Waals surface area contributed by atoms with Gasteiger partial charge in [-0.25, -0.2) is 0 Å². The lowest BCUT2D eigenvalue weighted by Gasteiger charge is -2.22. The van der Waals surface area contributed by atoms with Gasteiger partial charge in [0.05, 0.1) is 5.56 Å². The Balaban J connectivity index is 2.14. The summed E-state index contributed by atoms with van der Waals surface area (Å²) in [5.74, 6) is -2.01. The zero-order valence-electron chi connectivity index (χ0n) is 14.6. The van der Waals surface area contributed by atoms with Crippen LogP contribution in [0.3, 0.4) is 0 Å². The van der Waals surface area contributed by atoms with Crippen molar-refractivity contribution in [1.29, 1.82) is 0 Å². The summed E-state index contributed by atoms with van der Waals surface area (Å²) in [4.78, 5) is 24.2. The summed E-state index contributed by atoms with van der Waals surface area (Å²) in [7, 11) is 0. The molecule has 0 radical (unpaired) electrons. The Morgan fingerprint density at radius 1 is 0.846 bits per heavy atom. The molecule has 0 fully saturated rings. The van der Waals surface area contributed by atoms with Crippen molar-refractivity contribution in [3.05, 3.63) is 59.7 Å². The molecule has 0 aliphatic rings. The summed E-state index contributed by atoms with van der Waals surface area (Å²) >= 11 is 0. The molecule has 2 rings (SSSR count). The molecule has 7 heteroatoms. The third-order valence-corrected chi connectivity index (χ3v) is 3.64. The van der Waals surface area contributed by atoms with Crippen LogP contribution in [0.25, 0.3) is 0 Å². The minimum Gasteiger partial charge on any atom is -0.318 e. The number of alkyl halides is 3. The van der Waals surface area contributed by atoms with Crippen molar-refractivity contribution in [2.45, 2.75) is 32.4 Å². The van der Waals surface area contributed by atoms with E-state index in [9.17, 15) is 22.8 Å². The van der Waals surface area contributed by atoms with Gasteiger partial charge in [0.2, 0.25) is 0 Å². The first-order valence-electron chi connectivity index (χ1n) is 7.87. The monoisotopic (exact) mass is 364 g/mol. The molecule has 2 N–H and O–H groups in total. The first kappa shape index (κ1) is 19.5. The average Bonchev–Trinajstić information content (AvgIpc) is 2.53. The first-order chi connectivity index (χ1) is 12.0. The highest BCUT2D eigenvalue weighted by Gasteiger charge is 2.30. The Bertz CT molecular complexity index is 824. The molecule has 26 heavy (non-hydrogen) atoms. The molecular formula is C19H19F3N2O2. The predicted octanol–water partition coefficient (Wildman–Crippen LogP) is 4.58. The van der Waals surface area contributed by atoms with E-state index in [0.29, 0.717) is 5.69 Å². The molecule has 0 saturated heterocycles. The first-order valence-corrected chi connectivity index (χ1v) is 7.87. The molecule has 4 nitrogen and oxygen atoms in total. The van der Waals surface area contributed by atoms with Crippen molar-refractivity contribution in [3.8, 4) is 0 Å². The van der Waals surface area contributed by atoms with Gasteiger partial charge < -0.3 is 10.6 Å². The van der Waals surface area contributed by atoms with E-state index in [0.717, 1.165) is 23.8 Å². The number of carbonyl (C=O) groups is 2. The van der Waals surface area contributed by atoms with Crippen LogP contribution < -0.4 is 10.6 Å². The Morgan fingerprint density at radius 3 is 2.08 bits per heavy atom. The van der Waals surface area contributed by atoms with Gasteiger partial charge in [-0.3, -0.25) is 9.59 Å². The van der Waals surface area contributed by atoms with Crippen molar-refractivity contribution in [2.75, 3.05) is 10.6 Å². The lowest BCUT2D eigenvalue weighted by Crippen LogP contribution is -2.30. The Morgan fingerprint density at radius 2 is 1.46 bits per heavy atom. The van der Waals surface area contributed by atoms with E-state index in [-0.39, 0.29) is 11.1 Å². The quantitative estimate of drug-likeness (QED) is 0.767. The van der Waals surface area contributed by atoms with Crippen molar-refractivity contribution in [1.82, 2.24) is 0 Å². The van der Waals surface area contributed by atoms with Crippen LogP contribution in [0.2, 0.25) is 0 Å². The van der Waals surface area contributed by atoms with Crippen LogP contribution >= 0.6 is 0 Å². The third-order valence-electron chi connectivity index (χ3n) is 3.64. The molecule has 0 aliphatic carbocycles. The molecule has 0 spiro atoms. The lowest BCUT2D eigenvalue weighted by molar-refractivity contribution is -0.137. The van der Waals surface area contributed by atoms with E-state index in [1.807, 2.05) is 32.9 Å². The molecule has 0 atom stereocenters. The predicted molar refractivity (Wildman–Crippen MR) is 93.8 cm³/mol. The van der Waals surface area contributed by atoms with Crippen LogP contribution in [0, 0.1) is 0 Å². The van der Waals surface area contributed by atoms with Gasteiger partial charge in [-0.15, -0.1) is 0 Å². The molecule has 0 saturated carbocycles. The van der Waals surface area contributed by atoms with Gasteiger partial charge >= 0.3 is 18.0 Å². The standard InChI is InChI=1S/C19H19F3N2O2/c1-18(2,3)14-9-4-5-10-15(14)24-17(26)16(25)23-13-8-6-7-12(11-13)19(20,21)22/h4-11H,1-3H3,(H,23,25)(H,24,26). The highest BCUT2D eigenvalue weighted by Crippen LogP contribution is 2.31. The Kier molecular flexibility index (Phi) is 5.39. The van der Waals surface area contributed by atoms with Gasteiger partial charge in [-0.1, -0.05) is 45.0 Å². The second-order valence-electron chi connectivity index (χ2n) is 6.78. The summed E-state index contributed by atoms with van der Waals surface area (Å²) < 4.78 is 38.1. The highest BCUT2D eigenvalue weighted by molar-refractivity contribution is 6.43. The fraction of sp³-hybridized carbons (Fsp3) is 0.263. The number of rotatable bonds is 2.